The van der Waals surface area contributed by atoms with Crippen LogP contribution >= 0.6 is 27.3 Å². The number of piperidine rings is 1. The smallest absolute Gasteiger partial charge is 0.348 e. The minimum Gasteiger partial charge on any atom is -0.465 e. The predicted molar refractivity (Wildman–Crippen MR) is 77.3 cm³/mol. The summed E-state index contributed by atoms with van der Waals surface area (Å²) in [5.41, 5.74) is 0. The molecule has 1 aromatic heterocycles. The highest BCUT2D eigenvalue weighted by atomic mass is 79.9. The minimum absolute atomic E-state index is 0.00891. The molecule has 1 aliphatic carbocycles. The van der Waals surface area contributed by atoms with E-state index in [2.05, 4.69) is 30.7 Å². The van der Waals surface area contributed by atoms with Crippen LogP contribution in [0.25, 0.3) is 0 Å². The van der Waals surface area contributed by atoms with Crippen LogP contribution in [0.5, 0.6) is 0 Å². The van der Waals surface area contributed by atoms with E-state index in [1.54, 1.807) is 0 Å². The molecule has 3 rings (SSSR count). The standard InChI is InChI=1S/C11H13BrN2O4S2/c1-18-11(15)7-2-8(10(12)19-7)20(16,17)14-9-5-3-13-4-6(5)9/h2,5-6,9,13-14H,3-4H2,1H3. The highest BCUT2D eigenvalue weighted by Gasteiger charge is 2.54. The van der Waals surface area contributed by atoms with Gasteiger partial charge in [0.15, 0.2) is 0 Å². The quantitative estimate of drug-likeness (QED) is 0.754. The fraction of sp³-hybridized carbons (Fsp3) is 0.545. The third-order valence-electron chi connectivity index (χ3n) is 3.71. The molecule has 20 heavy (non-hydrogen) atoms. The Labute approximate surface area is 129 Å². The Morgan fingerprint density at radius 3 is 2.75 bits per heavy atom. The maximum atomic E-state index is 12.4. The van der Waals surface area contributed by atoms with Gasteiger partial charge in [-0.25, -0.2) is 17.9 Å². The number of ether oxygens (including phenoxy) is 1. The number of carbonyl (C=O) groups is 1. The lowest BCUT2D eigenvalue weighted by molar-refractivity contribution is 0.0606. The van der Waals surface area contributed by atoms with E-state index in [9.17, 15) is 13.2 Å². The zero-order valence-electron chi connectivity index (χ0n) is 10.6. The maximum Gasteiger partial charge on any atom is 0.348 e. The molecule has 0 spiro atoms. The van der Waals surface area contributed by atoms with Crippen LogP contribution in [-0.2, 0) is 14.8 Å². The molecule has 2 N–H and O–H groups in total. The number of sulfonamides is 1. The molecular formula is C11H13BrN2O4S2. The molecule has 110 valence electrons. The van der Waals surface area contributed by atoms with Crippen LogP contribution < -0.4 is 10.0 Å². The van der Waals surface area contributed by atoms with E-state index in [-0.39, 0.29) is 15.8 Å². The summed E-state index contributed by atoms with van der Waals surface area (Å²) in [6.45, 7) is 1.71. The first-order valence-electron chi connectivity index (χ1n) is 6.04. The van der Waals surface area contributed by atoms with Gasteiger partial charge in [-0.05, 0) is 46.9 Å². The number of carbonyl (C=O) groups excluding carboxylic acids is 1. The van der Waals surface area contributed by atoms with Gasteiger partial charge in [-0.3, -0.25) is 0 Å². The Bertz CT molecular complexity index is 647. The molecule has 6 nitrogen and oxygen atoms in total. The summed E-state index contributed by atoms with van der Waals surface area (Å²) in [5, 5.41) is 3.21. The molecule has 1 saturated carbocycles. The second-order valence-corrected chi connectivity index (χ2v) is 8.93. The van der Waals surface area contributed by atoms with Crippen LogP contribution in [0.1, 0.15) is 9.67 Å². The summed E-state index contributed by atoms with van der Waals surface area (Å²) in [6.07, 6.45) is 0. The number of esters is 1. The minimum atomic E-state index is -3.61. The van der Waals surface area contributed by atoms with Crippen molar-refractivity contribution in [1.29, 1.82) is 0 Å². The first-order valence-corrected chi connectivity index (χ1v) is 9.14. The van der Waals surface area contributed by atoms with Crippen molar-refractivity contribution >= 4 is 43.3 Å². The van der Waals surface area contributed by atoms with E-state index < -0.39 is 16.0 Å². The number of thiophene rings is 1. The predicted octanol–water partition coefficient (Wildman–Crippen LogP) is 0.793. The van der Waals surface area contributed by atoms with E-state index in [0.717, 1.165) is 24.4 Å². The first kappa shape index (κ1) is 14.5. The van der Waals surface area contributed by atoms with Gasteiger partial charge in [0.05, 0.1) is 10.9 Å². The molecule has 0 radical (unpaired) electrons. The van der Waals surface area contributed by atoms with Gasteiger partial charge in [-0.1, -0.05) is 0 Å². The lowest BCUT2D eigenvalue weighted by Gasteiger charge is -2.07. The number of nitrogens with one attached hydrogen (secondary N) is 2. The molecule has 0 bridgehead atoms. The molecule has 2 aliphatic rings. The number of hydrogen-bond acceptors (Lipinski definition) is 6. The third-order valence-corrected chi connectivity index (χ3v) is 7.41. The number of fused-ring (bicyclic) bond motifs is 1. The molecule has 2 atom stereocenters. The van der Waals surface area contributed by atoms with Crippen molar-refractivity contribution in [3.05, 3.63) is 14.7 Å². The molecule has 1 aromatic rings. The van der Waals surface area contributed by atoms with Crippen LogP contribution in [0.3, 0.4) is 0 Å². The molecule has 0 aromatic carbocycles. The molecule has 2 heterocycles. The van der Waals surface area contributed by atoms with Crippen molar-refractivity contribution in [2.24, 2.45) is 11.8 Å². The first-order chi connectivity index (χ1) is 9.44. The topological polar surface area (TPSA) is 84.5 Å². The SMILES string of the molecule is COC(=O)c1cc(S(=O)(=O)NC2C3CNCC32)c(Br)s1. The van der Waals surface area contributed by atoms with Gasteiger partial charge in [0.2, 0.25) is 10.0 Å². The van der Waals surface area contributed by atoms with Crippen molar-refractivity contribution < 1.29 is 17.9 Å². The van der Waals surface area contributed by atoms with E-state index in [0.29, 0.717) is 15.6 Å². The number of halogens is 1. The van der Waals surface area contributed by atoms with Crippen LogP contribution in [0.2, 0.25) is 0 Å². The normalized spacial score (nSPS) is 28.2. The monoisotopic (exact) mass is 380 g/mol. The number of rotatable bonds is 4. The highest BCUT2D eigenvalue weighted by molar-refractivity contribution is 9.11. The van der Waals surface area contributed by atoms with Crippen molar-refractivity contribution in [2.75, 3.05) is 20.2 Å². The second kappa shape index (κ2) is 5.06. The average molecular weight is 381 g/mol. The number of hydrogen-bond donors (Lipinski definition) is 2. The maximum absolute atomic E-state index is 12.4. The fourth-order valence-corrected chi connectivity index (χ4v) is 6.39. The van der Waals surface area contributed by atoms with Gasteiger partial charge in [0, 0.05) is 6.04 Å². The van der Waals surface area contributed by atoms with Crippen LogP contribution in [0.15, 0.2) is 14.7 Å². The largest absolute Gasteiger partial charge is 0.465 e. The molecule has 2 unspecified atom stereocenters. The Morgan fingerprint density at radius 1 is 1.50 bits per heavy atom. The van der Waals surface area contributed by atoms with E-state index in [1.807, 2.05) is 0 Å². The zero-order valence-corrected chi connectivity index (χ0v) is 13.8. The van der Waals surface area contributed by atoms with Crippen LogP contribution in [0, 0.1) is 11.8 Å². The lowest BCUT2D eigenvalue weighted by Crippen LogP contribution is -2.32. The van der Waals surface area contributed by atoms with Crippen molar-refractivity contribution in [1.82, 2.24) is 10.0 Å². The summed E-state index contributed by atoms with van der Waals surface area (Å²) in [4.78, 5) is 11.8. The van der Waals surface area contributed by atoms with Gasteiger partial charge in [0.25, 0.3) is 0 Å². The summed E-state index contributed by atoms with van der Waals surface area (Å²) >= 11 is 4.25. The summed E-state index contributed by atoms with van der Waals surface area (Å²) in [6, 6.07) is 1.36. The zero-order chi connectivity index (χ0) is 14.5. The van der Waals surface area contributed by atoms with Crippen molar-refractivity contribution in [3.63, 3.8) is 0 Å². The molecule has 2 fully saturated rings. The Hall–Kier alpha value is -0.480. The highest BCUT2D eigenvalue weighted by Crippen LogP contribution is 2.43. The van der Waals surface area contributed by atoms with E-state index >= 15 is 0 Å². The van der Waals surface area contributed by atoms with Gasteiger partial charge >= 0.3 is 5.97 Å². The third kappa shape index (κ3) is 2.41. The summed E-state index contributed by atoms with van der Waals surface area (Å²) in [7, 11) is -2.35. The summed E-state index contributed by atoms with van der Waals surface area (Å²) in [5.74, 6) is 0.245. The van der Waals surface area contributed by atoms with Gasteiger partial charge < -0.3 is 10.1 Å². The molecular weight excluding hydrogens is 368 g/mol. The van der Waals surface area contributed by atoms with Gasteiger partial charge in [-0.2, -0.15) is 0 Å². The number of methoxy groups -OCH3 is 1. The average Bonchev–Trinajstić information content (AvgIpc) is 2.83. The molecule has 1 aliphatic heterocycles. The molecule has 0 amide bonds. The van der Waals surface area contributed by atoms with Crippen LogP contribution in [-0.4, -0.2) is 40.6 Å². The Balaban J connectivity index is 1.80. The molecule has 9 heteroatoms. The Kier molecular flexibility index (Phi) is 3.66. The summed E-state index contributed by atoms with van der Waals surface area (Å²) < 4.78 is 32.4. The van der Waals surface area contributed by atoms with E-state index in [4.69, 9.17) is 0 Å². The van der Waals surface area contributed by atoms with Crippen molar-refractivity contribution in [2.45, 2.75) is 10.9 Å². The van der Waals surface area contributed by atoms with Crippen LogP contribution in [0.4, 0.5) is 0 Å². The van der Waals surface area contributed by atoms with E-state index in [1.165, 1.54) is 13.2 Å². The van der Waals surface area contributed by atoms with Gasteiger partial charge in [0.1, 0.15) is 9.77 Å². The van der Waals surface area contributed by atoms with Crippen molar-refractivity contribution in [3.8, 4) is 0 Å². The Morgan fingerprint density at radius 2 is 2.15 bits per heavy atom. The van der Waals surface area contributed by atoms with Gasteiger partial charge in [-0.15, -0.1) is 11.3 Å². The lowest BCUT2D eigenvalue weighted by atomic mass is 10.4. The molecule has 1 saturated heterocycles. The fourth-order valence-electron chi connectivity index (χ4n) is 2.57. The second-order valence-electron chi connectivity index (χ2n) is 4.87.